The van der Waals surface area contributed by atoms with Gasteiger partial charge in [0.05, 0.1) is 17.6 Å². The number of carbonyl (C=O) groups excluding carboxylic acids is 1. The number of halogens is 1. The summed E-state index contributed by atoms with van der Waals surface area (Å²) in [5, 5.41) is 8.29. The number of benzene rings is 1. The van der Waals surface area contributed by atoms with E-state index in [4.69, 9.17) is 11.6 Å². The zero-order chi connectivity index (χ0) is 18.8. The second-order valence-corrected chi connectivity index (χ2v) is 7.08. The Bertz CT molecular complexity index is 1070. The summed E-state index contributed by atoms with van der Waals surface area (Å²) in [5.74, 6) is 0.394. The number of amides is 1. The monoisotopic (exact) mass is 396 g/mol. The van der Waals surface area contributed by atoms with Crippen molar-refractivity contribution in [3.05, 3.63) is 70.8 Å². The lowest BCUT2D eigenvalue weighted by atomic mass is 10.2. The molecule has 27 heavy (non-hydrogen) atoms. The molecule has 0 fully saturated rings. The topological polar surface area (TPSA) is 85.6 Å². The Hall–Kier alpha value is -3.10. The standard InChI is InChI=1S/C18H13ClN6OS/c1-11-16(27-18(23-11)12-2-4-13(19)5-3-12)17(26)24-14-6-7-15(21-8-14)25-10-20-9-22-25/h2-10H,1H3,(H,24,26). The average Bonchev–Trinajstić information content (AvgIpc) is 3.33. The van der Waals surface area contributed by atoms with Gasteiger partial charge in [-0.1, -0.05) is 23.7 Å². The number of thiazole rings is 1. The van der Waals surface area contributed by atoms with Gasteiger partial charge in [0.25, 0.3) is 5.91 Å². The van der Waals surface area contributed by atoms with Gasteiger partial charge in [0.2, 0.25) is 0 Å². The maximum atomic E-state index is 12.6. The van der Waals surface area contributed by atoms with Crippen LogP contribution in [0.25, 0.3) is 16.4 Å². The minimum Gasteiger partial charge on any atom is -0.320 e. The number of hydrogen-bond donors (Lipinski definition) is 1. The van der Waals surface area contributed by atoms with Crippen LogP contribution in [-0.2, 0) is 0 Å². The van der Waals surface area contributed by atoms with Crippen LogP contribution in [0.4, 0.5) is 5.69 Å². The Balaban J connectivity index is 1.52. The summed E-state index contributed by atoms with van der Waals surface area (Å²) in [6.45, 7) is 1.82. The molecule has 7 nitrogen and oxygen atoms in total. The molecule has 1 aromatic carbocycles. The first kappa shape index (κ1) is 17.3. The predicted octanol–water partition coefficient (Wildman–Crippen LogP) is 4.00. The van der Waals surface area contributed by atoms with E-state index in [1.54, 1.807) is 36.8 Å². The molecule has 3 heterocycles. The number of nitrogens with one attached hydrogen (secondary N) is 1. The quantitative estimate of drug-likeness (QED) is 0.563. The fraction of sp³-hybridized carbons (Fsp3) is 0.0556. The summed E-state index contributed by atoms with van der Waals surface area (Å²) in [7, 11) is 0. The third-order valence-corrected chi connectivity index (χ3v) is 5.21. The molecule has 0 spiro atoms. The number of pyridine rings is 1. The lowest BCUT2D eigenvalue weighted by Gasteiger charge is -2.05. The van der Waals surface area contributed by atoms with Gasteiger partial charge in [-0.05, 0) is 31.2 Å². The summed E-state index contributed by atoms with van der Waals surface area (Å²) in [5.41, 5.74) is 2.18. The van der Waals surface area contributed by atoms with Crippen molar-refractivity contribution in [1.29, 1.82) is 0 Å². The number of carbonyl (C=O) groups is 1. The molecule has 1 amide bonds. The van der Waals surface area contributed by atoms with Gasteiger partial charge in [0.15, 0.2) is 5.82 Å². The Morgan fingerprint density at radius 3 is 2.67 bits per heavy atom. The molecule has 4 rings (SSSR count). The minimum atomic E-state index is -0.222. The Labute approximate surface area is 163 Å². The number of anilines is 1. The minimum absolute atomic E-state index is 0.222. The van der Waals surface area contributed by atoms with Crippen molar-refractivity contribution in [2.75, 3.05) is 5.32 Å². The molecule has 0 aliphatic heterocycles. The number of nitrogens with zero attached hydrogens (tertiary/aromatic N) is 5. The number of hydrogen-bond acceptors (Lipinski definition) is 6. The van der Waals surface area contributed by atoms with Crippen LogP contribution >= 0.6 is 22.9 Å². The van der Waals surface area contributed by atoms with Crippen molar-refractivity contribution in [2.24, 2.45) is 0 Å². The van der Waals surface area contributed by atoms with E-state index in [1.165, 1.54) is 22.3 Å². The number of rotatable bonds is 4. The van der Waals surface area contributed by atoms with Crippen molar-refractivity contribution in [3.63, 3.8) is 0 Å². The van der Waals surface area contributed by atoms with E-state index in [0.29, 0.717) is 27.1 Å². The smallest absolute Gasteiger partial charge is 0.267 e. The van der Waals surface area contributed by atoms with Crippen molar-refractivity contribution >= 4 is 34.5 Å². The molecular formula is C18H13ClN6OS. The van der Waals surface area contributed by atoms with Gasteiger partial charge in [-0.15, -0.1) is 11.3 Å². The largest absolute Gasteiger partial charge is 0.320 e. The normalized spacial score (nSPS) is 10.7. The third-order valence-electron chi connectivity index (χ3n) is 3.75. The van der Waals surface area contributed by atoms with Gasteiger partial charge < -0.3 is 5.32 Å². The lowest BCUT2D eigenvalue weighted by Crippen LogP contribution is -2.12. The highest BCUT2D eigenvalue weighted by molar-refractivity contribution is 7.17. The number of aromatic nitrogens is 5. The van der Waals surface area contributed by atoms with Crippen LogP contribution in [0.15, 0.2) is 55.2 Å². The highest BCUT2D eigenvalue weighted by atomic mass is 35.5. The van der Waals surface area contributed by atoms with Crippen LogP contribution in [0, 0.1) is 6.92 Å². The van der Waals surface area contributed by atoms with Crippen LogP contribution in [0.5, 0.6) is 0 Å². The van der Waals surface area contributed by atoms with E-state index in [-0.39, 0.29) is 5.91 Å². The first-order valence-electron chi connectivity index (χ1n) is 7.96. The van der Waals surface area contributed by atoms with E-state index < -0.39 is 0 Å². The fourth-order valence-electron chi connectivity index (χ4n) is 2.43. The van der Waals surface area contributed by atoms with Gasteiger partial charge in [-0.25, -0.2) is 19.6 Å². The zero-order valence-corrected chi connectivity index (χ0v) is 15.7. The van der Waals surface area contributed by atoms with E-state index in [1.807, 2.05) is 19.1 Å². The molecule has 0 radical (unpaired) electrons. The summed E-state index contributed by atoms with van der Waals surface area (Å²) in [6, 6.07) is 10.9. The molecule has 0 saturated heterocycles. The highest BCUT2D eigenvalue weighted by Gasteiger charge is 2.16. The second kappa shape index (κ2) is 7.26. The van der Waals surface area contributed by atoms with Crippen LogP contribution in [0.1, 0.15) is 15.4 Å². The summed E-state index contributed by atoms with van der Waals surface area (Å²) < 4.78 is 1.54. The van der Waals surface area contributed by atoms with E-state index in [2.05, 4.69) is 25.4 Å². The molecule has 3 aromatic heterocycles. The zero-order valence-electron chi connectivity index (χ0n) is 14.1. The first-order chi connectivity index (χ1) is 13.1. The molecular weight excluding hydrogens is 384 g/mol. The van der Waals surface area contributed by atoms with E-state index in [9.17, 15) is 4.79 Å². The van der Waals surface area contributed by atoms with Gasteiger partial charge in [0, 0.05) is 10.6 Å². The van der Waals surface area contributed by atoms with Gasteiger partial charge in [-0.3, -0.25) is 4.79 Å². The molecule has 1 N–H and O–H groups in total. The second-order valence-electron chi connectivity index (χ2n) is 5.64. The maximum absolute atomic E-state index is 12.6. The van der Waals surface area contributed by atoms with Crippen LogP contribution in [0.3, 0.4) is 0 Å². The summed E-state index contributed by atoms with van der Waals surface area (Å²) >= 11 is 7.26. The Kier molecular flexibility index (Phi) is 4.66. The first-order valence-corrected chi connectivity index (χ1v) is 9.15. The highest BCUT2D eigenvalue weighted by Crippen LogP contribution is 2.29. The van der Waals surface area contributed by atoms with Crippen LogP contribution in [-0.4, -0.2) is 30.6 Å². The van der Waals surface area contributed by atoms with Gasteiger partial charge in [-0.2, -0.15) is 5.10 Å². The fourth-order valence-corrected chi connectivity index (χ4v) is 3.53. The van der Waals surface area contributed by atoms with Crippen molar-refractivity contribution < 1.29 is 4.79 Å². The van der Waals surface area contributed by atoms with E-state index >= 15 is 0 Å². The van der Waals surface area contributed by atoms with Crippen molar-refractivity contribution in [2.45, 2.75) is 6.92 Å². The Morgan fingerprint density at radius 1 is 1.19 bits per heavy atom. The van der Waals surface area contributed by atoms with Crippen molar-refractivity contribution in [1.82, 2.24) is 24.7 Å². The average molecular weight is 397 g/mol. The van der Waals surface area contributed by atoms with Crippen molar-refractivity contribution in [3.8, 4) is 16.4 Å². The predicted molar refractivity (Wildman–Crippen MR) is 104 cm³/mol. The molecule has 0 bridgehead atoms. The van der Waals surface area contributed by atoms with Gasteiger partial charge in [0.1, 0.15) is 22.5 Å². The molecule has 0 saturated carbocycles. The summed E-state index contributed by atoms with van der Waals surface area (Å²) in [6.07, 6.45) is 4.56. The number of aryl methyl sites for hydroxylation is 1. The molecule has 0 atom stereocenters. The molecule has 134 valence electrons. The molecule has 9 heteroatoms. The molecule has 0 aliphatic carbocycles. The summed E-state index contributed by atoms with van der Waals surface area (Å²) in [4.78, 5) is 25.8. The van der Waals surface area contributed by atoms with Gasteiger partial charge >= 0.3 is 0 Å². The molecule has 0 aliphatic rings. The van der Waals surface area contributed by atoms with E-state index in [0.717, 1.165) is 10.6 Å². The SMILES string of the molecule is Cc1nc(-c2ccc(Cl)cc2)sc1C(=O)Nc1ccc(-n2cncn2)nc1. The molecule has 0 unspecified atom stereocenters. The lowest BCUT2D eigenvalue weighted by molar-refractivity contribution is 0.103. The van der Waals surface area contributed by atoms with Crippen LogP contribution in [0.2, 0.25) is 5.02 Å². The maximum Gasteiger partial charge on any atom is 0.267 e. The molecule has 4 aromatic rings. The Morgan fingerprint density at radius 2 is 2.00 bits per heavy atom. The van der Waals surface area contributed by atoms with Crippen LogP contribution < -0.4 is 5.32 Å². The third kappa shape index (κ3) is 3.71.